The van der Waals surface area contributed by atoms with Gasteiger partial charge in [-0.15, -0.1) is 0 Å². The molecule has 0 fully saturated rings. The Morgan fingerprint density at radius 2 is 1.30 bits per heavy atom. The normalized spacial score (nSPS) is 11.0. The summed E-state index contributed by atoms with van der Waals surface area (Å²) < 4.78 is 10.4. The fourth-order valence-electron chi connectivity index (χ4n) is 3.42. The van der Waals surface area contributed by atoms with Crippen LogP contribution in [0.15, 0.2) is 84.9 Å². The topological polar surface area (TPSA) is 147 Å². The molecule has 3 aromatic carbocycles. The van der Waals surface area contributed by atoms with E-state index in [2.05, 4.69) is 16.0 Å². The van der Waals surface area contributed by atoms with Crippen LogP contribution in [-0.2, 0) is 32.3 Å². The summed E-state index contributed by atoms with van der Waals surface area (Å²) in [4.78, 5) is 48.6. The molecule has 0 saturated carbocycles. The first-order chi connectivity index (χ1) is 19.3. The third-order valence-electron chi connectivity index (χ3n) is 5.74. The van der Waals surface area contributed by atoms with Crippen LogP contribution in [-0.4, -0.2) is 42.8 Å². The number of benzene rings is 3. The van der Waals surface area contributed by atoms with Crippen molar-refractivity contribution in [1.29, 1.82) is 5.41 Å². The number of amides is 3. The maximum absolute atomic E-state index is 12.4. The second-order valence-corrected chi connectivity index (χ2v) is 8.94. The highest BCUT2D eigenvalue weighted by molar-refractivity contribution is 6.05. The summed E-state index contributed by atoms with van der Waals surface area (Å²) in [5.74, 6) is -1.79. The van der Waals surface area contributed by atoms with Crippen molar-refractivity contribution in [1.82, 2.24) is 16.0 Å². The minimum Gasteiger partial charge on any atom is -0.461 e. The molecule has 0 aromatic heterocycles. The summed E-state index contributed by atoms with van der Waals surface area (Å²) in [6.07, 6.45) is -0.720. The number of ether oxygens (including phenoxy) is 2. The van der Waals surface area contributed by atoms with Crippen molar-refractivity contribution in [2.45, 2.75) is 26.6 Å². The fraction of sp³-hybridized carbons (Fsp3) is 0.233. The molecule has 0 aliphatic heterocycles. The number of hydrogen-bond donors (Lipinski definition) is 4. The number of esters is 1. The Labute approximate surface area is 232 Å². The van der Waals surface area contributed by atoms with Gasteiger partial charge in [-0.05, 0) is 23.3 Å². The first-order valence-electron chi connectivity index (χ1n) is 12.7. The van der Waals surface area contributed by atoms with Gasteiger partial charge in [0.25, 0.3) is 5.91 Å². The molecule has 0 aliphatic rings. The highest BCUT2D eigenvalue weighted by atomic mass is 16.5. The predicted octanol–water partition coefficient (Wildman–Crippen LogP) is 3.55. The Balaban J connectivity index is 1.32. The fourth-order valence-corrected chi connectivity index (χ4v) is 3.42. The average Bonchev–Trinajstić information content (AvgIpc) is 2.98. The molecule has 0 heterocycles. The molecule has 0 aliphatic carbocycles. The highest BCUT2D eigenvalue weighted by Gasteiger charge is 2.16. The van der Waals surface area contributed by atoms with Crippen molar-refractivity contribution >= 4 is 29.7 Å². The quantitative estimate of drug-likeness (QED) is 0.156. The molecule has 0 radical (unpaired) electrons. The molecule has 0 spiro atoms. The standard InChI is InChI=1S/C30H32N4O6/c1-21(29(37)39-19-22-8-4-2-5-9-22)18-33-26(35)16-17-32-28(36)25-14-12-24(13-15-25)27(31)34-30(38)40-20-23-10-6-3-7-11-23/h2-15,21H,16-20H2,1H3,(H,32,36)(H,33,35)(H2,31,34,38). The second-order valence-electron chi connectivity index (χ2n) is 8.94. The van der Waals surface area contributed by atoms with E-state index in [9.17, 15) is 19.2 Å². The first-order valence-corrected chi connectivity index (χ1v) is 12.7. The molecule has 3 aromatic rings. The summed E-state index contributed by atoms with van der Waals surface area (Å²) in [6.45, 7) is 2.15. The SMILES string of the molecule is CC(CNC(=O)CCNC(=O)c1ccc(C(=N)NC(=O)OCc2ccccc2)cc1)C(=O)OCc1ccccc1. The lowest BCUT2D eigenvalue weighted by Gasteiger charge is -2.13. The minimum absolute atomic E-state index is 0.0370. The van der Waals surface area contributed by atoms with Crippen molar-refractivity contribution in [3.8, 4) is 0 Å². The van der Waals surface area contributed by atoms with Crippen molar-refractivity contribution in [2.24, 2.45) is 5.92 Å². The Morgan fingerprint density at radius 3 is 1.90 bits per heavy atom. The average molecular weight is 545 g/mol. The van der Waals surface area contributed by atoms with Gasteiger partial charge in [0, 0.05) is 30.6 Å². The maximum Gasteiger partial charge on any atom is 0.413 e. The van der Waals surface area contributed by atoms with Crippen LogP contribution < -0.4 is 16.0 Å². The molecule has 0 bridgehead atoms. The van der Waals surface area contributed by atoms with Crippen LogP contribution >= 0.6 is 0 Å². The summed E-state index contributed by atoms with van der Waals surface area (Å²) in [6, 6.07) is 24.6. The lowest BCUT2D eigenvalue weighted by atomic mass is 10.1. The zero-order valence-electron chi connectivity index (χ0n) is 22.1. The van der Waals surface area contributed by atoms with Gasteiger partial charge in [0.2, 0.25) is 5.91 Å². The van der Waals surface area contributed by atoms with E-state index in [4.69, 9.17) is 14.9 Å². The van der Waals surface area contributed by atoms with Crippen LogP contribution in [0, 0.1) is 11.3 Å². The summed E-state index contributed by atoms with van der Waals surface area (Å²) >= 11 is 0. The van der Waals surface area contributed by atoms with E-state index in [1.54, 1.807) is 6.92 Å². The monoisotopic (exact) mass is 544 g/mol. The van der Waals surface area contributed by atoms with Crippen molar-refractivity contribution < 1.29 is 28.7 Å². The van der Waals surface area contributed by atoms with Gasteiger partial charge in [0.1, 0.15) is 19.0 Å². The summed E-state index contributed by atoms with van der Waals surface area (Å²) in [5.41, 5.74) is 2.43. The minimum atomic E-state index is -0.757. The summed E-state index contributed by atoms with van der Waals surface area (Å²) in [5, 5.41) is 15.7. The number of carbonyl (C=O) groups excluding carboxylic acids is 4. The van der Waals surface area contributed by atoms with Gasteiger partial charge < -0.3 is 20.1 Å². The number of amidine groups is 1. The smallest absolute Gasteiger partial charge is 0.413 e. The van der Waals surface area contributed by atoms with Crippen molar-refractivity contribution in [3.63, 3.8) is 0 Å². The van der Waals surface area contributed by atoms with Gasteiger partial charge in [-0.2, -0.15) is 0 Å². The lowest BCUT2D eigenvalue weighted by molar-refractivity contribution is -0.149. The van der Waals surface area contributed by atoms with Crippen LogP contribution in [0.5, 0.6) is 0 Å². The van der Waals surface area contributed by atoms with E-state index in [0.29, 0.717) is 11.1 Å². The number of alkyl carbamates (subject to hydrolysis) is 1. The number of carbonyl (C=O) groups is 4. The zero-order valence-corrected chi connectivity index (χ0v) is 22.1. The van der Waals surface area contributed by atoms with Crippen LogP contribution in [0.25, 0.3) is 0 Å². The lowest BCUT2D eigenvalue weighted by Crippen LogP contribution is -2.35. The Hall–Kier alpha value is -4.99. The van der Waals surface area contributed by atoms with Gasteiger partial charge >= 0.3 is 12.1 Å². The third kappa shape index (κ3) is 10.1. The largest absolute Gasteiger partial charge is 0.461 e. The second kappa shape index (κ2) is 15.4. The van der Waals surface area contributed by atoms with Gasteiger partial charge in [0.05, 0.1) is 5.92 Å². The molecular formula is C30H32N4O6. The zero-order chi connectivity index (χ0) is 28.7. The molecule has 10 nitrogen and oxygen atoms in total. The molecule has 1 atom stereocenters. The van der Waals surface area contributed by atoms with Gasteiger partial charge in [-0.1, -0.05) is 79.7 Å². The molecule has 1 unspecified atom stereocenters. The van der Waals surface area contributed by atoms with Gasteiger partial charge in [0.15, 0.2) is 0 Å². The van der Waals surface area contributed by atoms with Crippen molar-refractivity contribution in [2.75, 3.05) is 13.1 Å². The van der Waals surface area contributed by atoms with E-state index < -0.39 is 18.0 Å². The van der Waals surface area contributed by atoms with E-state index in [-0.39, 0.29) is 50.4 Å². The first kappa shape index (κ1) is 29.6. The maximum atomic E-state index is 12.4. The Morgan fingerprint density at radius 1 is 0.750 bits per heavy atom. The summed E-state index contributed by atoms with van der Waals surface area (Å²) in [7, 11) is 0. The van der Waals surface area contributed by atoms with Crippen LogP contribution in [0.2, 0.25) is 0 Å². The van der Waals surface area contributed by atoms with Crippen LogP contribution in [0.3, 0.4) is 0 Å². The van der Waals surface area contributed by atoms with Crippen molar-refractivity contribution in [3.05, 3.63) is 107 Å². The Bertz CT molecular complexity index is 1300. The third-order valence-corrected chi connectivity index (χ3v) is 5.74. The molecule has 0 saturated heterocycles. The molecular weight excluding hydrogens is 512 g/mol. The molecule has 3 rings (SSSR count). The molecule has 208 valence electrons. The van der Waals surface area contributed by atoms with E-state index in [1.807, 2.05) is 60.7 Å². The number of nitrogens with one attached hydrogen (secondary N) is 4. The van der Waals surface area contributed by atoms with E-state index in [1.165, 1.54) is 24.3 Å². The van der Waals surface area contributed by atoms with Crippen LogP contribution in [0.4, 0.5) is 4.79 Å². The molecule has 10 heteroatoms. The van der Waals surface area contributed by atoms with E-state index >= 15 is 0 Å². The molecule has 40 heavy (non-hydrogen) atoms. The Kier molecular flexibility index (Phi) is 11.4. The molecule has 4 N–H and O–H groups in total. The number of hydrogen-bond acceptors (Lipinski definition) is 7. The predicted molar refractivity (Wildman–Crippen MR) is 148 cm³/mol. The van der Waals surface area contributed by atoms with Gasteiger partial charge in [-0.25, -0.2) is 4.79 Å². The van der Waals surface area contributed by atoms with Gasteiger partial charge in [-0.3, -0.25) is 25.1 Å². The molecule has 3 amide bonds. The number of rotatable bonds is 12. The highest BCUT2D eigenvalue weighted by Crippen LogP contribution is 2.07. The van der Waals surface area contributed by atoms with E-state index in [0.717, 1.165) is 11.1 Å². The van der Waals surface area contributed by atoms with Crippen LogP contribution in [0.1, 0.15) is 40.4 Å².